The number of hydrogen-bond acceptors (Lipinski definition) is 5. The first-order valence-electron chi connectivity index (χ1n) is 4.88. The normalized spacial score (nSPS) is 16.6. The van der Waals surface area contributed by atoms with E-state index in [0.29, 0.717) is 0 Å². The monoisotopic (exact) mass is 214 g/mol. The molecule has 2 N–H and O–H groups in total. The zero-order chi connectivity index (χ0) is 10.6. The maximum Gasteiger partial charge on any atom is 0.200 e. The molecule has 1 heterocycles. The Hall–Kier alpha value is -0.710. The van der Waals surface area contributed by atoms with Crippen molar-refractivity contribution in [3.05, 3.63) is 0 Å². The molecule has 5 heteroatoms. The van der Waals surface area contributed by atoms with E-state index in [0.717, 1.165) is 23.8 Å². The largest absolute Gasteiger partial charge is 0.260 e. The van der Waals surface area contributed by atoms with Crippen molar-refractivity contribution in [1.82, 2.24) is 10.9 Å². The van der Waals surface area contributed by atoms with Crippen LogP contribution >= 0.6 is 11.8 Å². The molecule has 80 valence electrons. The number of nitrogens with zero attached hydrogens (tertiary/aromatic N) is 2. The van der Waals surface area contributed by atoms with Gasteiger partial charge in [0.1, 0.15) is 5.84 Å². The van der Waals surface area contributed by atoms with Crippen molar-refractivity contribution in [2.45, 2.75) is 33.6 Å². The molecule has 0 aliphatic carbocycles. The first-order valence-corrected chi connectivity index (χ1v) is 6.10. The number of nitrogens with one attached hydrogen (secondary N) is 2. The molecule has 1 aliphatic rings. The van der Waals surface area contributed by atoms with Crippen LogP contribution < -0.4 is 10.9 Å². The van der Waals surface area contributed by atoms with Gasteiger partial charge < -0.3 is 0 Å². The standard InChI is InChI=1S/C9H18N4S/c1-5-9(3,6-2)7-10-12-8(14-4)13-11-7/h5-6H2,1-4H3,(H,10,11)(H,12,13). The highest BCUT2D eigenvalue weighted by molar-refractivity contribution is 8.13. The second-order valence-electron chi connectivity index (χ2n) is 3.57. The topological polar surface area (TPSA) is 48.8 Å². The molecule has 0 saturated heterocycles. The maximum atomic E-state index is 4.30. The predicted molar refractivity (Wildman–Crippen MR) is 63.3 cm³/mol. The lowest BCUT2D eigenvalue weighted by Crippen LogP contribution is -2.41. The van der Waals surface area contributed by atoms with Crippen LogP contribution in [0, 0.1) is 5.41 Å². The lowest BCUT2D eigenvalue weighted by atomic mass is 9.83. The van der Waals surface area contributed by atoms with Crippen LogP contribution in [0.5, 0.6) is 0 Å². The molecular formula is C9H18N4S. The van der Waals surface area contributed by atoms with Gasteiger partial charge in [0.25, 0.3) is 0 Å². The Morgan fingerprint density at radius 2 is 1.86 bits per heavy atom. The Balaban J connectivity index is 2.69. The van der Waals surface area contributed by atoms with Crippen LogP contribution in [-0.4, -0.2) is 17.3 Å². The summed E-state index contributed by atoms with van der Waals surface area (Å²) in [6.07, 6.45) is 4.08. The van der Waals surface area contributed by atoms with Gasteiger partial charge in [-0.25, -0.2) is 0 Å². The number of rotatable bonds is 3. The molecule has 0 radical (unpaired) electrons. The molecule has 0 fully saturated rings. The molecule has 0 unspecified atom stereocenters. The summed E-state index contributed by atoms with van der Waals surface area (Å²) in [4.78, 5) is 0. The molecule has 14 heavy (non-hydrogen) atoms. The van der Waals surface area contributed by atoms with Crippen molar-refractivity contribution in [3.63, 3.8) is 0 Å². The van der Waals surface area contributed by atoms with Crippen LogP contribution in [-0.2, 0) is 0 Å². The van der Waals surface area contributed by atoms with Gasteiger partial charge in [-0.05, 0) is 19.1 Å². The van der Waals surface area contributed by atoms with Crippen molar-refractivity contribution in [3.8, 4) is 0 Å². The molecule has 0 amide bonds. The van der Waals surface area contributed by atoms with Crippen molar-refractivity contribution < 1.29 is 0 Å². The fourth-order valence-corrected chi connectivity index (χ4v) is 1.48. The van der Waals surface area contributed by atoms with Crippen LogP contribution in [0.3, 0.4) is 0 Å². The molecule has 0 spiro atoms. The van der Waals surface area contributed by atoms with E-state index in [1.807, 2.05) is 6.26 Å². The van der Waals surface area contributed by atoms with E-state index >= 15 is 0 Å². The van der Waals surface area contributed by atoms with Crippen LogP contribution in [0.25, 0.3) is 0 Å². The van der Waals surface area contributed by atoms with E-state index in [2.05, 4.69) is 41.8 Å². The highest BCUT2D eigenvalue weighted by Gasteiger charge is 2.28. The lowest BCUT2D eigenvalue weighted by Gasteiger charge is -2.29. The minimum absolute atomic E-state index is 0.0977. The van der Waals surface area contributed by atoms with Crippen LogP contribution in [0.2, 0.25) is 0 Å². The van der Waals surface area contributed by atoms with E-state index in [4.69, 9.17) is 0 Å². The van der Waals surface area contributed by atoms with E-state index < -0.39 is 0 Å². The Morgan fingerprint density at radius 3 is 2.21 bits per heavy atom. The molecule has 0 aromatic heterocycles. The van der Waals surface area contributed by atoms with Crippen molar-refractivity contribution in [2.75, 3.05) is 6.26 Å². The van der Waals surface area contributed by atoms with Gasteiger partial charge in [-0.15, -0.1) is 5.10 Å². The molecule has 0 aromatic rings. The summed E-state index contributed by atoms with van der Waals surface area (Å²) in [6, 6.07) is 0. The van der Waals surface area contributed by atoms with E-state index in [1.165, 1.54) is 0 Å². The second-order valence-corrected chi connectivity index (χ2v) is 4.37. The summed E-state index contributed by atoms with van der Waals surface area (Å²) in [5.41, 5.74) is 6.05. The van der Waals surface area contributed by atoms with Crippen LogP contribution in [0.15, 0.2) is 10.2 Å². The zero-order valence-corrected chi connectivity index (χ0v) is 10.0. The minimum atomic E-state index is 0.0977. The van der Waals surface area contributed by atoms with Crippen LogP contribution in [0.1, 0.15) is 33.6 Å². The maximum absolute atomic E-state index is 4.30. The Labute approximate surface area is 89.6 Å². The molecule has 0 saturated carbocycles. The molecule has 0 bridgehead atoms. The van der Waals surface area contributed by atoms with Gasteiger partial charge >= 0.3 is 0 Å². The second kappa shape index (κ2) is 4.68. The summed E-state index contributed by atoms with van der Waals surface area (Å²) in [5.74, 6) is 0.931. The minimum Gasteiger partial charge on any atom is -0.260 e. The smallest absolute Gasteiger partial charge is 0.200 e. The van der Waals surface area contributed by atoms with Gasteiger partial charge in [-0.1, -0.05) is 32.5 Å². The predicted octanol–water partition coefficient (Wildman–Crippen LogP) is 1.95. The van der Waals surface area contributed by atoms with Crippen molar-refractivity contribution in [1.29, 1.82) is 0 Å². The van der Waals surface area contributed by atoms with Crippen molar-refractivity contribution >= 4 is 22.8 Å². The molecule has 1 rings (SSSR count). The summed E-state index contributed by atoms with van der Waals surface area (Å²) in [6.45, 7) is 6.53. The Kier molecular flexibility index (Phi) is 3.80. The molecule has 0 aromatic carbocycles. The quantitative estimate of drug-likeness (QED) is 0.755. The fraction of sp³-hybridized carbons (Fsp3) is 0.778. The highest BCUT2D eigenvalue weighted by Crippen LogP contribution is 2.26. The fourth-order valence-electron chi connectivity index (χ4n) is 1.20. The van der Waals surface area contributed by atoms with E-state index in [-0.39, 0.29) is 5.41 Å². The molecule has 1 aliphatic heterocycles. The third kappa shape index (κ3) is 2.20. The molecular weight excluding hydrogens is 196 g/mol. The molecule has 0 atom stereocenters. The van der Waals surface area contributed by atoms with Gasteiger partial charge in [-0.3, -0.25) is 10.9 Å². The molecule has 4 nitrogen and oxygen atoms in total. The van der Waals surface area contributed by atoms with Crippen molar-refractivity contribution in [2.24, 2.45) is 15.6 Å². The average Bonchev–Trinajstić information content (AvgIpc) is 2.28. The third-order valence-corrected chi connectivity index (χ3v) is 3.42. The zero-order valence-electron chi connectivity index (χ0n) is 9.22. The number of amidine groups is 2. The average molecular weight is 214 g/mol. The summed E-state index contributed by atoms with van der Waals surface area (Å²) in [5, 5.41) is 9.29. The van der Waals surface area contributed by atoms with E-state index in [1.54, 1.807) is 11.8 Å². The number of hydrogen-bond donors (Lipinski definition) is 2. The first-order chi connectivity index (χ1) is 6.66. The van der Waals surface area contributed by atoms with Gasteiger partial charge in [-0.2, -0.15) is 5.10 Å². The summed E-state index contributed by atoms with van der Waals surface area (Å²) < 4.78 is 0. The SMILES string of the molecule is CCC(C)(CC)C1=NNC(SC)=NN1. The van der Waals surface area contributed by atoms with E-state index in [9.17, 15) is 0 Å². The first kappa shape index (κ1) is 11.4. The summed E-state index contributed by atoms with van der Waals surface area (Å²) >= 11 is 1.54. The number of hydrazone groups is 2. The Bertz CT molecular complexity index is 256. The summed E-state index contributed by atoms with van der Waals surface area (Å²) in [7, 11) is 0. The lowest BCUT2D eigenvalue weighted by molar-refractivity contribution is 0.416. The van der Waals surface area contributed by atoms with Crippen LogP contribution in [0.4, 0.5) is 0 Å². The van der Waals surface area contributed by atoms with Gasteiger partial charge in [0.2, 0.25) is 5.17 Å². The Morgan fingerprint density at radius 1 is 1.21 bits per heavy atom. The van der Waals surface area contributed by atoms with Gasteiger partial charge in [0.05, 0.1) is 0 Å². The van der Waals surface area contributed by atoms with Gasteiger partial charge in [0.15, 0.2) is 0 Å². The third-order valence-electron chi connectivity index (χ3n) is 2.85. The highest BCUT2D eigenvalue weighted by atomic mass is 32.2. The van der Waals surface area contributed by atoms with Gasteiger partial charge in [0, 0.05) is 5.41 Å². The number of thioether (sulfide) groups is 1.